The van der Waals surface area contributed by atoms with Crippen molar-refractivity contribution in [3.8, 4) is 5.75 Å². The summed E-state index contributed by atoms with van der Waals surface area (Å²) in [6, 6.07) is 7.91. The van der Waals surface area contributed by atoms with E-state index in [9.17, 15) is 4.79 Å². The van der Waals surface area contributed by atoms with Crippen molar-refractivity contribution < 1.29 is 14.3 Å². The predicted octanol–water partition coefficient (Wildman–Crippen LogP) is 2.70. The van der Waals surface area contributed by atoms with Crippen LogP contribution in [0.3, 0.4) is 0 Å². The van der Waals surface area contributed by atoms with E-state index in [0.29, 0.717) is 18.1 Å². The van der Waals surface area contributed by atoms with E-state index in [1.807, 2.05) is 37.3 Å². The molecule has 0 bridgehead atoms. The number of nitrogens with zero attached hydrogens (tertiary/aromatic N) is 2. The Balaban J connectivity index is 1.56. The minimum Gasteiger partial charge on any atom is -0.485 e. The lowest BCUT2D eigenvalue weighted by Crippen LogP contribution is -2.38. The summed E-state index contributed by atoms with van der Waals surface area (Å²) in [6.45, 7) is 4.91. The summed E-state index contributed by atoms with van der Waals surface area (Å²) in [5.74, 6) is 0.705. The van der Waals surface area contributed by atoms with Crippen LogP contribution in [0, 0.1) is 0 Å². The van der Waals surface area contributed by atoms with Crippen LogP contribution in [0.25, 0.3) is 6.08 Å². The van der Waals surface area contributed by atoms with Crippen molar-refractivity contribution in [1.29, 1.82) is 0 Å². The first-order chi connectivity index (χ1) is 11.7. The molecule has 4 rings (SSSR count). The number of rotatable bonds is 1. The SMILES string of the molecule is CC1Oc2ccccc2C=C1/C=C1\SC(N2CCOCC2)=NC1=O. The molecule has 0 saturated carbocycles. The number of aliphatic imine (C=N–C) groups is 1. The van der Waals surface area contributed by atoms with Gasteiger partial charge >= 0.3 is 0 Å². The van der Waals surface area contributed by atoms with Gasteiger partial charge in [-0.3, -0.25) is 4.79 Å². The Kier molecular flexibility index (Phi) is 4.16. The van der Waals surface area contributed by atoms with Crippen LogP contribution in [-0.2, 0) is 9.53 Å². The van der Waals surface area contributed by atoms with Crippen LogP contribution >= 0.6 is 11.8 Å². The smallest absolute Gasteiger partial charge is 0.286 e. The molecule has 0 spiro atoms. The number of hydrogen-bond donors (Lipinski definition) is 0. The zero-order valence-electron chi connectivity index (χ0n) is 13.4. The highest BCUT2D eigenvalue weighted by Gasteiger charge is 2.28. The molecule has 0 N–H and O–H groups in total. The standard InChI is InChI=1S/C18H18N2O3S/c1-12-14(10-13-4-2-3-5-15(13)23-12)11-16-17(21)19-18(24-16)20-6-8-22-9-7-20/h2-5,10-12H,6-9H2,1H3/b16-11-. The van der Waals surface area contributed by atoms with Crippen molar-refractivity contribution in [2.75, 3.05) is 26.3 Å². The summed E-state index contributed by atoms with van der Waals surface area (Å²) in [7, 11) is 0. The van der Waals surface area contributed by atoms with E-state index in [-0.39, 0.29) is 12.0 Å². The second-order valence-corrected chi connectivity index (χ2v) is 6.86. The third kappa shape index (κ3) is 2.99. The molecule has 0 radical (unpaired) electrons. The number of carbonyl (C=O) groups excluding carboxylic acids is 1. The van der Waals surface area contributed by atoms with Crippen LogP contribution in [0.5, 0.6) is 5.75 Å². The topological polar surface area (TPSA) is 51.1 Å². The Hall–Kier alpha value is -2.05. The number of thioether (sulfide) groups is 1. The summed E-state index contributed by atoms with van der Waals surface area (Å²) in [6.07, 6.45) is 3.90. The van der Waals surface area contributed by atoms with Gasteiger partial charge in [0.25, 0.3) is 5.91 Å². The molecule has 0 aromatic heterocycles. The second-order valence-electron chi connectivity index (χ2n) is 5.85. The lowest BCUT2D eigenvalue weighted by molar-refractivity contribution is -0.113. The minimum atomic E-state index is -0.173. The van der Waals surface area contributed by atoms with E-state index in [1.165, 1.54) is 11.8 Å². The molecule has 1 aromatic rings. The molecule has 1 amide bonds. The van der Waals surface area contributed by atoms with Crippen molar-refractivity contribution in [2.24, 2.45) is 4.99 Å². The predicted molar refractivity (Wildman–Crippen MR) is 95.0 cm³/mol. The van der Waals surface area contributed by atoms with Crippen LogP contribution < -0.4 is 4.74 Å². The molecule has 1 atom stereocenters. The largest absolute Gasteiger partial charge is 0.485 e. The Morgan fingerprint density at radius 1 is 1.29 bits per heavy atom. The zero-order chi connectivity index (χ0) is 16.5. The molecule has 24 heavy (non-hydrogen) atoms. The highest BCUT2D eigenvalue weighted by Crippen LogP contribution is 2.34. The summed E-state index contributed by atoms with van der Waals surface area (Å²) in [5, 5.41) is 0.778. The molecule has 3 heterocycles. The average molecular weight is 342 g/mol. The fourth-order valence-electron chi connectivity index (χ4n) is 2.86. The van der Waals surface area contributed by atoms with Gasteiger partial charge in [-0.25, -0.2) is 0 Å². The Bertz CT molecular complexity index is 763. The van der Waals surface area contributed by atoms with Crippen molar-refractivity contribution in [2.45, 2.75) is 13.0 Å². The maximum absolute atomic E-state index is 12.3. The third-order valence-electron chi connectivity index (χ3n) is 4.20. The van der Waals surface area contributed by atoms with Gasteiger partial charge in [0.15, 0.2) is 5.17 Å². The average Bonchev–Trinajstić information content (AvgIpc) is 2.97. The van der Waals surface area contributed by atoms with E-state index in [0.717, 1.165) is 35.1 Å². The monoisotopic (exact) mass is 342 g/mol. The molecule has 6 heteroatoms. The quantitative estimate of drug-likeness (QED) is 0.735. The van der Waals surface area contributed by atoms with Crippen LogP contribution in [0.2, 0.25) is 0 Å². The lowest BCUT2D eigenvalue weighted by Gasteiger charge is -2.27. The second kappa shape index (κ2) is 6.45. The molecule has 1 saturated heterocycles. The van der Waals surface area contributed by atoms with Gasteiger partial charge in [0.05, 0.1) is 18.1 Å². The molecular weight excluding hydrogens is 324 g/mol. The molecule has 3 aliphatic heterocycles. The number of carbonyl (C=O) groups is 1. The number of benzene rings is 1. The van der Waals surface area contributed by atoms with Crippen molar-refractivity contribution in [3.05, 3.63) is 46.4 Å². The fraction of sp³-hybridized carbons (Fsp3) is 0.333. The molecule has 1 unspecified atom stereocenters. The van der Waals surface area contributed by atoms with E-state index in [2.05, 4.69) is 16.0 Å². The highest BCUT2D eigenvalue weighted by atomic mass is 32.2. The van der Waals surface area contributed by atoms with E-state index in [4.69, 9.17) is 9.47 Å². The van der Waals surface area contributed by atoms with Gasteiger partial charge in [-0.1, -0.05) is 18.2 Å². The number of fused-ring (bicyclic) bond motifs is 1. The first kappa shape index (κ1) is 15.5. The maximum atomic E-state index is 12.3. The van der Waals surface area contributed by atoms with E-state index < -0.39 is 0 Å². The highest BCUT2D eigenvalue weighted by molar-refractivity contribution is 8.18. The van der Waals surface area contributed by atoms with Gasteiger partial charge < -0.3 is 14.4 Å². The van der Waals surface area contributed by atoms with Crippen LogP contribution in [-0.4, -0.2) is 48.4 Å². The number of amidine groups is 1. The first-order valence-electron chi connectivity index (χ1n) is 8.03. The number of amides is 1. The van der Waals surface area contributed by atoms with Crippen molar-refractivity contribution >= 4 is 28.9 Å². The summed E-state index contributed by atoms with van der Waals surface area (Å²) in [5.41, 5.74) is 2.02. The molecule has 3 aliphatic rings. The van der Waals surface area contributed by atoms with E-state index >= 15 is 0 Å². The summed E-state index contributed by atoms with van der Waals surface area (Å²) in [4.78, 5) is 19.2. The van der Waals surface area contributed by atoms with Crippen LogP contribution in [0.4, 0.5) is 0 Å². The van der Waals surface area contributed by atoms with Gasteiger partial charge in [-0.2, -0.15) is 4.99 Å². The van der Waals surface area contributed by atoms with Crippen molar-refractivity contribution in [1.82, 2.24) is 4.90 Å². The van der Waals surface area contributed by atoms with Crippen LogP contribution in [0.15, 0.2) is 45.8 Å². The molecule has 1 fully saturated rings. The minimum absolute atomic E-state index is 0.0896. The Morgan fingerprint density at radius 3 is 2.92 bits per heavy atom. The molecule has 5 nitrogen and oxygen atoms in total. The van der Waals surface area contributed by atoms with Gasteiger partial charge in [0.2, 0.25) is 0 Å². The van der Waals surface area contributed by atoms with Gasteiger partial charge in [-0.05, 0) is 42.5 Å². The summed E-state index contributed by atoms with van der Waals surface area (Å²) < 4.78 is 11.3. The summed E-state index contributed by atoms with van der Waals surface area (Å²) >= 11 is 1.44. The molecular formula is C18H18N2O3S. The fourth-order valence-corrected chi connectivity index (χ4v) is 3.83. The van der Waals surface area contributed by atoms with Gasteiger partial charge in [-0.15, -0.1) is 0 Å². The molecule has 124 valence electrons. The third-order valence-corrected chi connectivity index (χ3v) is 5.25. The number of hydrogen-bond acceptors (Lipinski definition) is 5. The maximum Gasteiger partial charge on any atom is 0.286 e. The Morgan fingerprint density at radius 2 is 2.08 bits per heavy atom. The number of morpholine rings is 1. The normalized spacial score (nSPS) is 25.2. The molecule has 0 aliphatic carbocycles. The Labute approximate surface area is 145 Å². The van der Waals surface area contributed by atoms with E-state index in [1.54, 1.807) is 0 Å². The first-order valence-corrected chi connectivity index (χ1v) is 8.85. The lowest BCUT2D eigenvalue weighted by atomic mass is 10.0. The van der Waals surface area contributed by atoms with Gasteiger partial charge in [0.1, 0.15) is 11.9 Å². The number of para-hydroxylation sites is 1. The van der Waals surface area contributed by atoms with Gasteiger partial charge in [0, 0.05) is 18.7 Å². The van der Waals surface area contributed by atoms with Crippen LogP contribution in [0.1, 0.15) is 12.5 Å². The van der Waals surface area contributed by atoms with Crippen molar-refractivity contribution in [3.63, 3.8) is 0 Å². The zero-order valence-corrected chi connectivity index (χ0v) is 14.2. The molecule has 1 aromatic carbocycles. The number of ether oxygens (including phenoxy) is 2.